The minimum atomic E-state index is -4.72. The van der Waals surface area contributed by atoms with Crippen LogP contribution < -0.4 is 5.69 Å². The Morgan fingerprint density at radius 2 is 2.07 bits per heavy atom. The fourth-order valence-corrected chi connectivity index (χ4v) is 3.70. The predicted octanol–water partition coefficient (Wildman–Crippen LogP) is 2.85. The highest BCUT2D eigenvalue weighted by Gasteiger charge is 2.34. The molecule has 1 atom stereocenters. The lowest BCUT2D eigenvalue weighted by Gasteiger charge is -2.20. The summed E-state index contributed by atoms with van der Waals surface area (Å²) in [5, 5.41) is 4.34. The zero-order valence-electron chi connectivity index (χ0n) is 15.7. The molecule has 3 heterocycles. The second-order valence-corrected chi connectivity index (χ2v) is 6.98. The number of aryl methyl sites for hydroxylation is 1. The van der Waals surface area contributed by atoms with Crippen LogP contribution in [0.4, 0.5) is 17.6 Å². The van der Waals surface area contributed by atoms with Gasteiger partial charge in [0.1, 0.15) is 23.4 Å². The molecule has 1 unspecified atom stereocenters. The molecular weight excluding hydrogens is 408 g/mol. The quantitative estimate of drug-likeness (QED) is 0.477. The van der Waals surface area contributed by atoms with Crippen LogP contribution in [-0.4, -0.2) is 32.4 Å². The summed E-state index contributed by atoms with van der Waals surface area (Å²) in [6.45, 7) is -0.335. The minimum absolute atomic E-state index is 0.0407. The summed E-state index contributed by atoms with van der Waals surface area (Å²) in [6, 6.07) is 3.18. The van der Waals surface area contributed by atoms with E-state index in [-0.39, 0.29) is 23.0 Å². The minimum Gasteiger partial charge on any atom is -0.467 e. The molecule has 7 nitrogen and oxygen atoms in total. The average Bonchev–Trinajstić information content (AvgIpc) is 3.02. The van der Waals surface area contributed by atoms with Crippen LogP contribution in [0.3, 0.4) is 0 Å². The molecule has 1 aliphatic rings. The van der Waals surface area contributed by atoms with Gasteiger partial charge in [-0.25, -0.2) is 23.6 Å². The first-order valence-electron chi connectivity index (χ1n) is 9.11. The van der Waals surface area contributed by atoms with Crippen molar-refractivity contribution in [1.82, 2.24) is 19.3 Å². The van der Waals surface area contributed by atoms with Gasteiger partial charge in [-0.2, -0.15) is 18.3 Å². The van der Waals surface area contributed by atoms with Gasteiger partial charge in [0.15, 0.2) is 0 Å². The number of alkyl halides is 3. The Bertz CT molecular complexity index is 1200. The Hall–Kier alpha value is -3.24. The largest absolute Gasteiger partial charge is 0.467 e. The van der Waals surface area contributed by atoms with E-state index in [2.05, 4.69) is 10.1 Å². The van der Waals surface area contributed by atoms with E-state index in [9.17, 15) is 27.2 Å². The van der Waals surface area contributed by atoms with E-state index in [4.69, 9.17) is 4.74 Å². The van der Waals surface area contributed by atoms with E-state index >= 15 is 0 Å². The van der Waals surface area contributed by atoms with E-state index in [0.29, 0.717) is 25.1 Å². The topological polar surface area (TPSA) is 79.0 Å². The lowest BCUT2D eigenvalue weighted by atomic mass is 10.1. The number of nitrogens with zero attached hydrogens (tertiary/aromatic N) is 4. The summed E-state index contributed by atoms with van der Waals surface area (Å²) >= 11 is 0. The van der Waals surface area contributed by atoms with Crippen LogP contribution in [0, 0.1) is 5.82 Å². The van der Waals surface area contributed by atoms with E-state index in [1.165, 1.54) is 11.7 Å². The number of aromatic nitrogens is 4. The van der Waals surface area contributed by atoms with Gasteiger partial charge in [-0.15, -0.1) is 0 Å². The number of methoxy groups -OCH3 is 1. The van der Waals surface area contributed by atoms with Crippen LogP contribution in [0.25, 0.3) is 10.9 Å². The fourth-order valence-electron chi connectivity index (χ4n) is 3.70. The molecule has 0 saturated heterocycles. The molecular formula is C19H16F4N4O3. The second kappa shape index (κ2) is 7.22. The van der Waals surface area contributed by atoms with Crippen LogP contribution in [0.5, 0.6) is 0 Å². The first-order valence-corrected chi connectivity index (χ1v) is 9.11. The van der Waals surface area contributed by atoms with Crippen molar-refractivity contribution in [2.75, 3.05) is 7.11 Å². The van der Waals surface area contributed by atoms with E-state index in [1.54, 1.807) is 0 Å². The van der Waals surface area contributed by atoms with Crippen molar-refractivity contribution in [2.24, 2.45) is 0 Å². The highest BCUT2D eigenvalue weighted by molar-refractivity contribution is 5.82. The lowest BCUT2D eigenvalue weighted by molar-refractivity contribution is -0.145. The van der Waals surface area contributed by atoms with Gasteiger partial charge >= 0.3 is 17.8 Å². The van der Waals surface area contributed by atoms with E-state index < -0.39 is 35.4 Å². The monoisotopic (exact) mass is 424 g/mol. The normalized spacial score (nSPS) is 16.5. The third-order valence-electron chi connectivity index (χ3n) is 5.07. The summed E-state index contributed by atoms with van der Waals surface area (Å²) in [4.78, 5) is 28.5. The number of carbonyl (C=O) groups is 1. The van der Waals surface area contributed by atoms with Gasteiger partial charge in [0.05, 0.1) is 19.2 Å². The van der Waals surface area contributed by atoms with Crippen LogP contribution in [-0.2, 0) is 28.7 Å². The second-order valence-electron chi connectivity index (χ2n) is 6.98. The third-order valence-corrected chi connectivity index (χ3v) is 5.07. The number of hydrogen-bond donors (Lipinski definition) is 0. The number of fused-ring (bicyclic) bond motifs is 2. The molecule has 1 aromatic carbocycles. The Labute approximate surface area is 166 Å². The number of carbonyl (C=O) groups excluding carboxylic acids is 1. The molecule has 0 fully saturated rings. The maximum atomic E-state index is 13.7. The Balaban J connectivity index is 1.84. The van der Waals surface area contributed by atoms with Crippen molar-refractivity contribution < 1.29 is 27.1 Å². The summed E-state index contributed by atoms with van der Waals surface area (Å²) < 4.78 is 60.5. The first-order chi connectivity index (χ1) is 14.2. The molecule has 0 saturated carbocycles. The number of hydrogen-bond acceptors (Lipinski definition) is 5. The van der Waals surface area contributed by atoms with Gasteiger partial charge in [-0.05, 0) is 42.7 Å². The van der Waals surface area contributed by atoms with Crippen LogP contribution in [0.2, 0.25) is 0 Å². The molecule has 0 radical (unpaired) electrons. The number of benzene rings is 1. The van der Waals surface area contributed by atoms with Gasteiger partial charge in [-0.3, -0.25) is 4.57 Å². The van der Waals surface area contributed by atoms with Crippen molar-refractivity contribution in [3.8, 4) is 0 Å². The summed E-state index contributed by atoms with van der Waals surface area (Å²) in [6.07, 6.45) is -3.27. The van der Waals surface area contributed by atoms with Gasteiger partial charge in [0.2, 0.25) is 0 Å². The van der Waals surface area contributed by atoms with Crippen LogP contribution in [0.15, 0.2) is 29.1 Å². The smallest absolute Gasteiger partial charge is 0.433 e. The summed E-state index contributed by atoms with van der Waals surface area (Å²) in [5.74, 6) is -0.886. The van der Waals surface area contributed by atoms with Gasteiger partial charge < -0.3 is 4.74 Å². The fraction of sp³-hybridized carbons (Fsp3) is 0.368. The molecule has 0 N–H and O–H groups in total. The van der Waals surface area contributed by atoms with Gasteiger partial charge in [0.25, 0.3) is 0 Å². The average molecular weight is 424 g/mol. The van der Waals surface area contributed by atoms with Crippen molar-refractivity contribution >= 4 is 16.9 Å². The summed E-state index contributed by atoms with van der Waals surface area (Å²) in [5.41, 5.74) is -1.80. The molecule has 0 spiro atoms. The number of halogens is 4. The SMILES string of the molecule is COC(=O)C1CCCc2nn(Cc3cc(C(F)(F)F)nc4ccc(F)cc34)c(=O)n21. The van der Waals surface area contributed by atoms with Gasteiger partial charge in [-0.1, -0.05) is 0 Å². The lowest BCUT2D eigenvalue weighted by Crippen LogP contribution is -2.35. The maximum absolute atomic E-state index is 13.7. The van der Waals surface area contributed by atoms with E-state index in [1.807, 2.05) is 0 Å². The molecule has 11 heteroatoms. The molecule has 4 rings (SSSR count). The molecule has 3 aromatic rings. The zero-order valence-corrected chi connectivity index (χ0v) is 15.7. The number of esters is 1. The maximum Gasteiger partial charge on any atom is 0.433 e. The molecule has 0 amide bonds. The molecule has 0 bridgehead atoms. The Morgan fingerprint density at radius 3 is 2.77 bits per heavy atom. The molecule has 30 heavy (non-hydrogen) atoms. The zero-order chi connectivity index (χ0) is 21.6. The highest BCUT2D eigenvalue weighted by atomic mass is 19.4. The third kappa shape index (κ3) is 3.44. The van der Waals surface area contributed by atoms with Crippen LogP contribution in [0.1, 0.15) is 36.0 Å². The molecule has 2 aromatic heterocycles. The van der Waals surface area contributed by atoms with E-state index in [0.717, 1.165) is 28.9 Å². The Morgan fingerprint density at radius 1 is 1.30 bits per heavy atom. The summed E-state index contributed by atoms with van der Waals surface area (Å²) in [7, 11) is 1.21. The first kappa shape index (κ1) is 20.0. The molecule has 158 valence electrons. The predicted molar refractivity (Wildman–Crippen MR) is 96.3 cm³/mol. The molecule has 0 aliphatic carbocycles. The highest BCUT2D eigenvalue weighted by Crippen LogP contribution is 2.31. The number of pyridine rings is 1. The van der Waals surface area contributed by atoms with Gasteiger partial charge in [0, 0.05) is 11.8 Å². The van der Waals surface area contributed by atoms with Crippen molar-refractivity contribution in [1.29, 1.82) is 0 Å². The number of rotatable bonds is 3. The van der Waals surface area contributed by atoms with Crippen molar-refractivity contribution in [2.45, 2.75) is 38.0 Å². The van der Waals surface area contributed by atoms with Crippen molar-refractivity contribution in [3.63, 3.8) is 0 Å². The van der Waals surface area contributed by atoms with Crippen LogP contribution >= 0.6 is 0 Å². The van der Waals surface area contributed by atoms with Crippen molar-refractivity contribution in [3.05, 3.63) is 57.6 Å². The number of ether oxygens (including phenoxy) is 1. The Kier molecular flexibility index (Phi) is 4.83. The standard InChI is InChI=1S/C19H16F4N4O3/c1-30-17(28)14-3-2-4-16-25-26(18(29)27(14)16)9-10-7-15(19(21,22)23)24-13-6-5-11(20)8-12(10)13/h5-8,14H,2-4,9H2,1H3. The molecule has 1 aliphatic heterocycles.